The van der Waals surface area contributed by atoms with Gasteiger partial charge in [0.25, 0.3) is 0 Å². The summed E-state index contributed by atoms with van der Waals surface area (Å²) in [5.41, 5.74) is 0. The third kappa shape index (κ3) is 5.13. The Morgan fingerprint density at radius 1 is 1.24 bits per heavy atom. The number of rotatable bonds is 7. The van der Waals surface area contributed by atoms with Gasteiger partial charge in [-0.1, -0.05) is 34.6 Å². The van der Waals surface area contributed by atoms with Crippen molar-refractivity contribution in [1.29, 1.82) is 0 Å². The van der Waals surface area contributed by atoms with E-state index in [1.54, 1.807) is 11.5 Å². The van der Waals surface area contributed by atoms with Gasteiger partial charge in [0.1, 0.15) is 10.8 Å². The smallest absolute Gasteiger partial charge is 0.145 e. The summed E-state index contributed by atoms with van der Waals surface area (Å²) >= 11 is 1.56. The van der Waals surface area contributed by atoms with Crippen molar-refractivity contribution in [3.05, 3.63) is 10.8 Å². The van der Waals surface area contributed by atoms with E-state index in [1.807, 2.05) is 0 Å². The second-order valence-corrected chi connectivity index (χ2v) is 6.13. The van der Waals surface area contributed by atoms with Crippen LogP contribution in [0.1, 0.15) is 57.8 Å². The molecule has 0 aliphatic rings. The summed E-state index contributed by atoms with van der Waals surface area (Å²) in [7, 11) is 0. The van der Waals surface area contributed by atoms with Crippen LogP contribution >= 0.6 is 11.5 Å². The fourth-order valence-electron chi connectivity index (χ4n) is 1.89. The Labute approximate surface area is 109 Å². The standard InChI is InChI=1S/C13H25N3S/c1-6-14-11(7-9(2)3)8-12-15-13(10(4)5)16-17-12/h9-11,14H,6-8H2,1-5H3. The molecule has 98 valence electrons. The monoisotopic (exact) mass is 255 g/mol. The van der Waals surface area contributed by atoms with E-state index in [1.165, 1.54) is 11.4 Å². The molecule has 0 saturated carbocycles. The minimum absolute atomic E-state index is 0.433. The molecule has 1 atom stereocenters. The predicted molar refractivity (Wildman–Crippen MR) is 74.6 cm³/mol. The molecule has 0 saturated heterocycles. The zero-order valence-electron chi connectivity index (χ0n) is 11.7. The third-order valence-electron chi connectivity index (χ3n) is 2.67. The van der Waals surface area contributed by atoms with E-state index in [9.17, 15) is 0 Å². The van der Waals surface area contributed by atoms with E-state index in [0.717, 1.165) is 24.7 Å². The van der Waals surface area contributed by atoms with Crippen LogP contribution in [0.15, 0.2) is 0 Å². The lowest BCUT2D eigenvalue weighted by Crippen LogP contribution is -2.32. The largest absolute Gasteiger partial charge is 0.314 e. The van der Waals surface area contributed by atoms with Crippen molar-refractivity contribution >= 4 is 11.5 Å². The van der Waals surface area contributed by atoms with Crippen LogP contribution in [0.4, 0.5) is 0 Å². The summed E-state index contributed by atoms with van der Waals surface area (Å²) in [6.45, 7) is 12.0. The summed E-state index contributed by atoms with van der Waals surface area (Å²) in [6, 6.07) is 0.535. The maximum Gasteiger partial charge on any atom is 0.145 e. The number of nitrogens with one attached hydrogen (secondary N) is 1. The average molecular weight is 255 g/mol. The first kappa shape index (κ1) is 14.6. The van der Waals surface area contributed by atoms with Crippen molar-refractivity contribution < 1.29 is 0 Å². The Bertz CT molecular complexity index is 320. The number of nitrogens with zero attached hydrogens (tertiary/aromatic N) is 2. The summed E-state index contributed by atoms with van der Waals surface area (Å²) < 4.78 is 4.41. The Morgan fingerprint density at radius 3 is 2.41 bits per heavy atom. The maximum atomic E-state index is 4.61. The number of likely N-dealkylation sites (N-methyl/N-ethyl adjacent to an activating group) is 1. The van der Waals surface area contributed by atoms with E-state index in [2.05, 4.69) is 49.3 Å². The van der Waals surface area contributed by atoms with Gasteiger partial charge in [0.15, 0.2) is 0 Å². The Hall–Kier alpha value is -0.480. The first-order chi connectivity index (χ1) is 8.02. The zero-order chi connectivity index (χ0) is 12.8. The first-order valence-electron chi connectivity index (χ1n) is 6.58. The Morgan fingerprint density at radius 2 is 1.94 bits per heavy atom. The fraction of sp³-hybridized carbons (Fsp3) is 0.846. The topological polar surface area (TPSA) is 37.8 Å². The van der Waals surface area contributed by atoms with E-state index in [-0.39, 0.29) is 0 Å². The molecule has 0 amide bonds. The molecule has 1 unspecified atom stereocenters. The van der Waals surface area contributed by atoms with Gasteiger partial charge in [-0.15, -0.1) is 0 Å². The van der Waals surface area contributed by atoms with Crippen LogP contribution in [0, 0.1) is 5.92 Å². The number of hydrogen-bond acceptors (Lipinski definition) is 4. The molecule has 0 aliphatic heterocycles. The predicted octanol–water partition coefficient (Wildman–Crippen LogP) is 3.23. The second-order valence-electron chi connectivity index (χ2n) is 5.29. The molecule has 3 nitrogen and oxygen atoms in total. The fourth-order valence-corrected chi connectivity index (χ4v) is 2.75. The van der Waals surface area contributed by atoms with E-state index >= 15 is 0 Å². The molecule has 1 aromatic heterocycles. The molecule has 0 spiro atoms. The molecular formula is C13H25N3S. The highest BCUT2D eigenvalue weighted by Crippen LogP contribution is 2.16. The van der Waals surface area contributed by atoms with E-state index < -0.39 is 0 Å². The van der Waals surface area contributed by atoms with Crippen LogP contribution in [0.5, 0.6) is 0 Å². The van der Waals surface area contributed by atoms with E-state index in [4.69, 9.17) is 0 Å². The molecule has 0 aliphatic carbocycles. The molecule has 1 aromatic rings. The molecule has 0 bridgehead atoms. The highest BCUT2D eigenvalue weighted by atomic mass is 32.1. The van der Waals surface area contributed by atoms with Gasteiger partial charge in [-0.3, -0.25) is 0 Å². The maximum absolute atomic E-state index is 4.61. The second kappa shape index (κ2) is 7.07. The highest BCUT2D eigenvalue weighted by Gasteiger charge is 2.14. The lowest BCUT2D eigenvalue weighted by molar-refractivity contribution is 0.423. The first-order valence-corrected chi connectivity index (χ1v) is 7.36. The lowest BCUT2D eigenvalue weighted by Gasteiger charge is -2.18. The minimum atomic E-state index is 0.433. The third-order valence-corrected chi connectivity index (χ3v) is 3.42. The molecule has 1 heterocycles. The summed E-state index contributed by atoms with van der Waals surface area (Å²) in [6.07, 6.45) is 2.21. The van der Waals surface area contributed by atoms with Crippen molar-refractivity contribution in [2.45, 2.75) is 59.4 Å². The summed E-state index contributed by atoms with van der Waals surface area (Å²) in [4.78, 5) is 4.61. The van der Waals surface area contributed by atoms with Gasteiger partial charge in [0, 0.05) is 18.4 Å². The van der Waals surface area contributed by atoms with Crippen molar-refractivity contribution in [1.82, 2.24) is 14.7 Å². The summed E-state index contributed by atoms with van der Waals surface area (Å²) in [5.74, 6) is 2.14. The van der Waals surface area contributed by atoms with Gasteiger partial charge < -0.3 is 5.32 Å². The van der Waals surface area contributed by atoms with Gasteiger partial charge in [0.2, 0.25) is 0 Å². The molecule has 0 aromatic carbocycles. The van der Waals surface area contributed by atoms with Crippen LogP contribution < -0.4 is 5.32 Å². The van der Waals surface area contributed by atoms with Crippen LogP contribution in [-0.2, 0) is 6.42 Å². The zero-order valence-corrected chi connectivity index (χ0v) is 12.5. The van der Waals surface area contributed by atoms with Crippen LogP contribution in [-0.4, -0.2) is 21.9 Å². The Kier molecular flexibility index (Phi) is 6.06. The SMILES string of the molecule is CCNC(Cc1nc(C(C)C)ns1)CC(C)C. The van der Waals surface area contributed by atoms with Crippen LogP contribution in [0.2, 0.25) is 0 Å². The van der Waals surface area contributed by atoms with Gasteiger partial charge in [-0.05, 0) is 30.4 Å². The number of aromatic nitrogens is 2. The molecule has 4 heteroatoms. The van der Waals surface area contributed by atoms with Crippen molar-refractivity contribution in [3.63, 3.8) is 0 Å². The minimum Gasteiger partial charge on any atom is -0.314 e. The van der Waals surface area contributed by atoms with Crippen molar-refractivity contribution in [2.24, 2.45) is 5.92 Å². The van der Waals surface area contributed by atoms with Crippen LogP contribution in [0.3, 0.4) is 0 Å². The van der Waals surface area contributed by atoms with E-state index in [0.29, 0.717) is 12.0 Å². The van der Waals surface area contributed by atoms with Gasteiger partial charge in [0.05, 0.1) is 0 Å². The van der Waals surface area contributed by atoms with Gasteiger partial charge in [-0.2, -0.15) is 4.37 Å². The quantitative estimate of drug-likeness (QED) is 0.813. The molecule has 1 rings (SSSR count). The molecule has 0 radical (unpaired) electrons. The number of hydrogen-bond donors (Lipinski definition) is 1. The molecule has 0 fully saturated rings. The van der Waals surface area contributed by atoms with Gasteiger partial charge >= 0.3 is 0 Å². The molecule has 17 heavy (non-hydrogen) atoms. The summed E-state index contributed by atoms with van der Waals surface area (Å²) in [5, 5.41) is 4.71. The lowest BCUT2D eigenvalue weighted by atomic mass is 10.0. The van der Waals surface area contributed by atoms with Gasteiger partial charge in [-0.25, -0.2) is 4.98 Å². The van der Waals surface area contributed by atoms with Crippen molar-refractivity contribution in [2.75, 3.05) is 6.54 Å². The molecular weight excluding hydrogens is 230 g/mol. The normalized spacial score (nSPS) is 13.6. The Balaban J connectivity index is 2.58. The van der Waals surface area contributed by atoms with Crippen LogP contribution in [0.25, 0.3) is 0 Å². The molecule has 1 N–H and O–H groups in total. The average Bonchev–Trinajstić information content (AvgIpc) is 2.65. The van der Waals surface area contributed by atoms with Crippen molar-refractivity contribution in [3.8, 4) is 0 Å². The highest BCUT2D eigenvalue weighted by molar-refractivity contribution is 7.05.